The van der Waals surface area contributed by atoms with Crippen molar-refractivity contribution in [1.29, 1.82) is 0 Å². The van der Waals surface area contributed by atoms with E-state index in [1.165, 1.54) is 6.20 Å². The van der Waals surface area contributed by atoms with Gasteiger partial charge in [0.25, 0.3) is 0 Å². The molecule has 0 radical (unpaired) electrons. The molecule has 2 atom stereocenters. The highest BCUT2D eigenvalue weighted by atomic mass is 35.5. The van der Waals surface area contributed by atoms with Crippen molar-refractivity contribution in [3.8, 4) is 0 Å². The number of methoxy groups -OCH3 is 1. The Morgan fingerprint density at radius 2 is 1.80 bits per heavy atom. The molecule has 1 aromatic carbocycles. The summed E-state index contributed by atoms with van der Waals surface area (Å²) in [5.41, 5.74) is 0.487. The first-order chi connectivity index (χ1) is 16.7. The van der Waals surface area contributed by atoms with Crippen LogP contribution in [0.1, 0.15) is 0 Å². The lowest BCUT2D eigenvalue weighted by Crippen LogP contribution is -2.63. The van der Waals surface area contributed by atoms with Crippen molar-refractivity contribution >= 4 is 44.8 Å². The highest BCUT2D eigenvalue weighted by Gasteiger charge is 2.43. The van der Waals surface area contributed by atoms with Gasteiger partial charge in [0.05, 0.1) is 18.5 Å². The van der Waals surface area contributed by atoms with Crippen LogP contribution in [0.5, 0.6) is 0 Å². The third-order valence-electron chi connectivity index (χ3n) is 6.00. The Hall–Kier alpha value is -2.70. The fourth-order valence-electron chi connectivity index (χ4n) is 4.18. The van der Waals surface area contributed by atoms with E-state index in [0.29, 0.717) is 28.2 Å². The van der Waals surface area contributed by atoms with Gasteiger partial charge in [0.1, 0.15) is 5.02 Å². The first kappa shape index (κ1) is 25.4. The molecule has 12 heteroatoms. The van der Waals surface area contributed by atoms with E-state index >= 15 is 0 Å². The lowest BCUT2D eigenvalue weighted by Gasteiger charge is -2.48. The van der Waals surface area contributed by atoms with Gasteiger partial charge in [-0.15, -0.1) is 0 Å². The molecule has 0 bridgehead atoms. The molecule has 0 saturated carbocycles. The Kier molecular flexibility index (Phi) is 7.62. The van der Waals surface area contributed by atoms with E-state index in [4.69, 9.17) is 16.3 Å². The normalized spacial score (nSPS) is 23.3. The van der Waals surface area contributed by atoms with Crippen LogP contribution in [0.2, 0.25) is 5.02 Å². The summed E-state index contributed by atoms with van der Waals surface area (Å²) in [6.07, 6.45) is 10.7. The molecular formula is C23H30ClN7O3S. The molecule has 0 spiro atoms. The van der Waals surface area contributed by atoms with Gasteiger partial charge in [0.2, 0.25) is 16.0 Å². The number of nitrogens with one attached hydrogen (secondary N) is 3. The Morgan fingerprint density at radius 1 is 1.11 bits per heavy atom. The molecular weight excluding hydrogens is 490 g/mol. The van der Waals surface area contributed by atoms with E-state index in [0.717, 1.165) is 32.4 Å². The zero-order chi connectivity index (χ0) is 25.1. The van der Waals surface area contributed by atoms with Crippen molar-refractivity contribution in [3.63, 3.8) is 0 Å². The fourth-order valence-corrected chi connectivity index (χ4v) is 4.88. The monoisotopic (exact) mass is 519 g/mol. The molecule has 10 nitrogen and oxygen atoms in total. The van der Waals surface area contributed by atoms with E-state index in [1.54, 1.807) is 31.4 Å². The maximum Gasteiger partial charge on any atom is 0.229 e. The maximum atomic E-state index is 11.4. The van der Waals surface area contributed by atoms with Gasteiger partial charge in [-0.2, -0.15) is 4.98 Å². The molecule has 188 valence electrons. The van der Waals surface area contributed by atoms with Gasteiger partial charge >= 0.3 is 0 Å². The molecule has 35 heavy (non-hydrogen) atoms. The number of piperazine rings is 1. The maximum absolute atomic E-state index is 11.4. The van der Waals surface area contributed by atoms with Gasteiger partial charge in [0.15, 0.2) is 11.5 Å². The first-order valence-corrected chi connectivity index (χ1v) is 13.4. The average Bonchev–Trinajstić information content (AvgIpc) is 2.82. The molecule has 1 fully saturated rings. The molecule has 1 aromatic heterocycles. The van der Waals surface area contributed by atoms with Gasteiger partial charge < -0.3 is 20.3 Å². The number of hydrogen-bond donors (Lipinski definition) is 3. The van der Waals surface area contributed by atoms with Crippen LogP contribution in [0.3, 0.4) is 0 Å². The first-order valence-electron chi connectivity index (χ1n) is 11.2. The molecule has 2 unspecified atom stereocenters. The van der Waals surface area contributed by atoms with Crippen molar-refractivity contribution in [2.75, 3.05) is 61.9 Å². The molecule has 1 aliphatic heterocycles. The number of halogens is 1. The molecule has 1 aliphatic carbocycles. The summed E-state index contributed by atoms with van der Waals surface area (Å²) < 4.78 is 31.4. The molecule has 2 aromatic rings. The molecule has 1 saturated heterocycles. The van der Waals surface area contributed by atoms with E-state index in [1.807, 2.05) is 18.2 Å². The average molecular weight is 520 g/mol. The van der Waals surface area contributed by atoms with Crippen LogP contribution >= 0.6 is 11.6 Å². The summed E-state index contributed by atoms with van der Waals surface area (Å²) >= 11 is 6.36. The van der Waals surface area contributed by atoms with Crippen LogP contribution < -0.4 is 15.4 Å². The van der Waals surface area contributed by atoms with Gasteiger partial charge in [0, 0.05) is 44.7 Å². The molecule has 2 heterocycles. The number of nitrogens with zero attached hydrogens (tertiary/aromatic N) is 4. The third-order valence-corrected chi connectivity index (χ3v) is 6.88. The summed E-state index contributed by atoms with van der Waals surface area (Å²) in [5.74, 6) is 0.818. The van der Waals surface area contributed by atoms with Crippen LogP contribution in [0.4, 0.5) is 23.1 Å². The summed E-state index contributed by atoms with van der Waals surface area (Å²) in [6.45, 7) is 3.66. The number of rotatable bonds is 8. The number of ether oxygens (including phenoxy) is 1. The number of likely N-dealkylation sites (N-methyl/N-ethyl adjacent to an activating group) is 1. The number of hydrogen-bond acceptors (Lipinski definition) is 9. The predicted molar refractivity (Wildman–Crippen MR) is 140 cm³/mol. The van der Waals surface area contributed by atoms with E-state index in [2.05, 4.69) is 48.2 Å². The minimum absolute atomic E-state index is 0.226. The zero-order valence-corrected chi connectivity index (χ0v) is 21.5. The standard InChI is InChI=1S/C23H30ClN7O3S/c1-30-12-14-31(15-13-30)23(34-2)11-5-4-6-20(23)27-22-25-16-19(24)21(28-22)26-17-7-9-18(10-8-17)29-35(3,32)33/h4-11,16,20,29H,12-15H2,1-3H3,(H2,25,26,27,28). The van der Waals surface area contributed by atoms with Crippen LogP contribution in [-0.2, 0) is 14.8 Å². The Balaban J connectivity index is 1.52. The van der Waals surface area contributed by atoms with Crippen molar-refractivity contribution in [3.05, 3.63) is 59.8 Å². The second kappa shape index (κ2) is 10.5. The number of sulfonamides is 1. The second-order valence-corrected chi connectivity index (χ2v) is 10.7. The second-order valence-electron chi connectivity index (χ2n) is 8.58. The quantitative estimate of drug-likeness (QED) is 0.484. The Bertz CT molecular complexity index is 1200. The van der Waals surface area contributed by atoms with Crippen molar-refractivity contribution in [2.45, 2.75) is 11.8 Å². The third kappa shape index (κ3) is 6.11. The van der Waals surface area contributed by atoms with E-state index in [-0.39, 0.29) is 6.04 Å². The van der Waals surface area contributed by atoms with Crippen LogP contribution in [0, 0.1) is 0 Å². The topological polar surface area (TPSA) is 112 Å². The van der Waals surface area contributed by atoms with Crippen LogP contribution in [0.25, 0.3) is 0 Å². The minimum atomic E-state index is -3.35. The largest absolute Gasteiger partial charge is 0.357 e. The van der Waals surface area contributed by atoms with Gasteiger partial charge in [-0.05, 0) is 37.4 Å². The summed E-state index contributed by atoms with van der Waals surface area (Å²) in [5, 5.41) is 6.92. The summed E-state index contributed by atoms with van der Waals surface area (Å²) in [4.78, 5) is 13.6. The molecule has 2 aliphatic rings. The van der Waals surface area contributed by atoms with Crippen molar-refractivity contribution in [2.24, 2.45) is 0 Å². The van der Waals surface area contributed by atoms with Crippen LogP contribution in [-0.4, -0.2) is 86.5 Å². The molecule has 3 N–H and O–H groups in total. The van der Waals surface area contributed by atoms with E-state index < -0.39 is 15.7 Å². The van der Waals surface area contributed by atoms with Gasteiger partial charge in [-0.25, -0.2) is 13.4 Å². The van der Waals surface area contributed by atoms with E-state index in [9.17, 15) is 8.42 Å². The molecule has 0 amide bonds. The number of benzene rings is 1. The SMILES string of the molecule is COC1(N2CCN(C)CC2)C=CC=CC1Nc1ncc(Cl)c(Nc2ccc(NS(C)(=O)=O)cc2)n1. The summed E-state index contributed by atoms with van der Waals surface area (Å²) in [7, 11) is 0.492. The molecule has 4 rings (SSSR count). The lowest BCUT2D eigenvalue weighted by molar-refractivity contribution is -0.116. The Morgan fingerprint density at radius 3 is 2.46 bits per heavy atom. The summed E-state index contributed by atoms with van der Waals surface area (Å²) in [6, 6.07) is 6.55. The van der Waals surface area contributed by atoms with Gasteiger partial charge in [-0.1, -0.05) is 29.8 Å². The number of anilines is 4. The van der Waals surface area contributed by atoms with Crippen molar-refractivity contribution in [1.82, 2.24) is 19.8 Å². The van der Waals surface area contributed by atoms with Gasteiger partial charge in [-0.3, -0.25) is 9.62 Å². The smallest absolute Gasteiger partial charge is 0.229 e. The predicted octanol–water partition coefficient (Wildman–Crippen LogP) is 2.74. The van der Waals surface area contributed by atoms with Crippen molar-refractivity contribution < 1.29 is 13.2 Å². The minimum Gasteiger partial charge on any atom is -0.357 e. The van der Waals surface area contributed by atoms with Crippen LogP contribution in [0.15, 0.2) is 54.8 Å². The zero-order valence-electron chi connectivity index (χ0n) is 19.9. The highest BCUT2D eigenvalue weighted by molar-refractivity contribution is 7.92. The fraction of sp³-hybridized carbons (Fsp3) is 0.391. The Labute approximate surface area is 211 Å². The number of aromatic nitrogens is 2. The number of allylic oxidation sites excluding steroid dienone is 2. The lowest BCUT2D eigenvalue weighted by atomic mass is 9.95. The highest BCUT2D eigenvalue weighted by Crippen LogP contribution is 2.31.